The Labute approximate surface area is 86.3 Å². The van der Waals surface area contributed by atoms with Crippen LogP contribution >= 0.6 is 0 Å². The van der Waals surface area contributed by atoms with Gasteiger partial charge in [0.15, 0.2) is 0 Å². The Morgan fingerprint density at radius 1 is 1.21 bits per heavy atom. The van der Waals surface area contributed by atoms with Crippen LogP contribution in [0.5, 0.6) is 0 Å². The zero-order valence-electron chi connectivity index (χ0n) is 8.78. The highest BCUT2D eigenvalue weighted by Crippen LogP contribution is 2.21. The zero-order valence-corrected chi connectivity index (χ0v) is 8.78. The second-order valence-electron chi connectivity index (χ2n) is 4.39. The Morgan fingerprint density at radius 2 is 2.07 bits per heavy atom. The first-order chi connectivity index (χ1) is 6.90. The lowest BCUT2D eigenvalue weighted by Gasteiger charge is -2.24. The summed E-state index contributed by atoms with van der Waals surface area (Å²) < 4.78 is 0. The van der Waals surface area contributed by atoms with Crippen LogP contribution in [-0.4, -0.2) is 48.6 Å². The lowest BCUT2D eigenvalue weighted by atomic mass is 10.2. The molecule has 0 spiro atoms. The van der Waals surface area contributed by atoms with Gasteiger partial charge in [-0.3, -0.25) is 4.90 Å². The molecule has 0 aliphatic carbocycles. The molecule has 0 aromatic carbocycles. The van der Waals surface area contributed by atoms with Gasteiger partial charge in [0.2, 0.25) is 0 Å². The van der Waals surface area contributed by atoms with E-state index in [-0.39, 0.29) is 0 Å². The molecule has 0 aromatic heterocycles. The number of nitriles is 1. The Hall–Kier alpha value is -0.590. The molecule has 3 nitrogen and oxygen atoms in total. The minimum atomic E-state index is 0.687. The summed E-state index contributed by atoms with van der Waals surface area (Å²) in [6.07, 6.45) is 4.70. The number of rotatable bonds is 2. The fraction of sp³-hybridized carbons (Fsp3) is 0.909. The van der Waals surface area contributed by atoms with Crippen molar-refractivity contribution in [3.8, 4) is 6.07 Å². The summed E-state index contributed by atoms with van der Waals surface area (Å²) in [5.41, 5.74) is 0. The third-order valence-electron chi connectivity index (χ3n) is 3.43. The van der Waals surface area contributed by atoms with E-state index in [2.05, 4.69) is 15.9 Å². The highest BCUT2D eigenvalue weighted by Gasteiger charge is 2.28. The van der Waals surface area contributed by atoms with Crippen LogP contribution in [0.1, 0.15) is 25.7 Å². The molecule has 2 saturated heterocycles. The van der Waals surface area contributed by atoms with Crippen LogP contribution in [0.2, 0.25) is 0 Å². The molecule has 0 radical (unpaired) electrons. The SMILES string of the molecule is N#CCCN1CCCN2CCCC2C1. The zero-order chi connectivity index (χ0) is 9.80. The molecule has 2 fully saturated rings. The van der Waals surface area contributed by atoms with Crippen molar-refractivity contribution in [2.75, 3.05) is 32.7 Å². The van der Waals surface area contributed by atoms with E-state index in [1.807, 2.05) is 0 Å². The minimum absolute atomic E-state index is 0.687. The number of hydrogen-bond donors (Lipinski definition) is 0. The molecular formula is C11H19N3. The van der Waals surface area contributed by atoms with Crippen LogP contribution in [0.3, 0.4) is 0 Å². The Morgan fingerprint density at radius 3 is 2.93 bits per heavy atom. The van der Waals surface area contributed by atoms with E-state index in [1.54, 1.807) is 0 Å². The molecule has 0 bridgehead atoms. The first kappa shape index (κ1) is 9.95. The maximum atomic E-state index is 8.57. The van der Waals surface area contributed by atoms with Crippen LogP contribution in [0.4, 0.5) is 0 Å². The van der Waals surface area contributed by atoms with Crippen molar-refractivity contribution in [3.05, 3.63) is 0 Å². The van der Waals surface area contributed by atoms with Gasteiger partial charge in [0.1, 0.15) is 0 Å². The van der Waals surface area contributed by atoms with Crippen molar-refractivity contribution in [1.82, 2.24) is 9.80 Å². The minimum Gasteiger partial charge on any atom is -0.301 e. The van der Waals surface area contributed by atoms with E-state index in [4.69, 9.17) is 5.26 Å². The van der Waals surface area contributed by atoms with Crippen molar-refractivity contribution >= 4 is 0 Å². The Balaban J connectivity index is 1.86. The van der Waals surface area contributed by atoms with Crippen molar-refractivity contribution in [2.45, 2.75) is 31.7 Å². The normalized spacial score (nSPS) is 29.5. The van der Waals surface area contributed by atoms with Gasteiger partial charge in [0.05, 0.1) is 6.07 Å². The van der Waals surface area contributed by atoms with E-state index >= 15 is 0 Å². The second kappa shape index (κ2) is 4.77. The van der Waals surface area contributed by atoms with Gasteiger partial charge in [-0.2, -0.15) is 5.26 Å². The lowest BCUT2D eigenvalue weighted by molar-refractivity contribution is 0.223. The van der Waals surface area contributed by atoms with Gasteiger partial charge < -0.3 is 4.90 Å². The van der Waals surface area contributed by atoms with Gasteiger partial charge in [-0.15, -0.1) is 0 Å². The summed E-state index contributed by atoms with van der Waals surface area (Å²) in [7, 11) is 0. The monoisotopic (exact) mass is 193 g/mol. The predicted molar refractivity (Wildman–Crippen MR) is 55.9 cm³/mol. The fourth-order valence-electron chi connectivity index (χ4n) is 2.69. The highest BCUT2D eigenvalue weighted by atomic mass is 15.3. The maximum Gasteiger partial charge on any atom is 0.0635 e. The summed E-state index contributed by atoms with van der Waals surface area (Å²) >= 11 is 0. The van der Waals surface area contributed by atoms with E-state index in [9.17, 15) is 0 Å². The third-order valence-corrected chi connectivity index (χ3v) is 3.43. The van der Waals surface area contributed by atoms with E-state index in [0.717, 1.165) is 12.6 Å². The Bertz CT molecular complexity index is 221. The summed E-state index contributed by atoms with van der Waals surface area (Å²) in [4.78, 5) is 5.10. The molecule has 2 heterocycles. The van der Waals surface area contributed by atoms with Crippen molar-refractivity contribution in [1.29, 1.82) is 5.26 Å². The smallest absolute Gasteiger partial charge is 0.0635 e. The topological polar surface area (TPSA) is 30.3 Å². The van der Waals surface area contributed by atoms with Crippen molar-refractivity contribution in [3.63, 3.8) is 0 Å². The van der Waals surface area contributed by atoms with E-state index < -0.39 is 0 Å². The molecular weight excluding hydrogens is 174 g/mol. The average Bonchev–Trinajstić information content (AvgIpc) is 2.54. The molecule has 78 valence electrons. The van der Waals surface area contributed by atoms with Crippen molar-refractivity contribution in [2.24, 2.45) is 0 Å². The van der Waals surface area contributed by atoms with Gasteiger partial charge in [-0.05, 0) is 38.9 Å². The molecule has 1 atom stereocenters. The van der Waals surface area contributed by atoms with Gasteiger partial charge >= 0.3 is 0 Å². The predicted octanol–water partition coefficient (Wildman–Crippen LogP) is 1.07. The molecule has 0 amide bonds. The molecule has 0 saturated carbocycles. The molecule has 2 aliphatic heterocycles. The number of nitrogens with zero attached hydrogens (tertiary/aromatic N) is 3. The maximum absolute atomic E-state index is 8.57. The summed E-state index contributed by atoms with van der Waals surface area (Å²) in [6.45, 7) is 5.93. The van der Waals surface area contributed by atoms with Gasteiger partial charge in [0, 0.05) is 25.6 Å². The molecule has 2 aliphatic rings. The standard InChI is InChI=1S/C11H19N3/c12-5-2-6-13-7-3-9-14-8-1-4-11(14)10-13/h11H,1-4,6-10H2. The van der Waals surface area contributed by atoms with Gasteiger partial charge in [0.25, 0.3) is 0 Å². The largest absolute Gasteiger partial charge is 0.301 e. The highest BCUT2D eigenvalue weighted by molar-refractivity contribution is 4.85. The van der Waals surface area contributed by atoms with Gasteiger partial charge in [-0.25, -0.2) is 0 Å². The van der Waals surface area contributed by atoms with Crippen LogP contribution in [0, 0.1) is 11.3 Å². The molecule has 0 aromatic rings. The lowest BCUT2D eigenvalue weighted by Crippen LogP contribution is -2.36. The quantitative estimate of drug-likeness (QED) is 0.657. The van der Waals surface area contributed by atoms with E-state index in [1.165, 1.54) is 45.4 Å². The van der Waals surface area contributed by atoms with Crippen LogP contribution < -0.4 is 0 Å². The van der Waals surface area contributed by atoms with Crippen LogP contribution in [0.25, 0.3) is 0 Å². The van der Waals surface area contributed by atoms with E-state index in [0.29, 0.717) is 6.42 Å². The second-order valence-corrected chi connectivity index (χ2v) is 4.39. The van der Waals surface area contributed by atoms with Crippen LogP contribution in [0.15, 0.2) is 0 Å². The third kappa shape index (κ3) is 2.26. The summed E-state index contributed by atoms with van der Waals surface area (Å²) in [6, 6.07) is 3.03. The van der Waals surface area contributed by atoms with Crippen molar-refractivity contribution < 1.29 is 0 Å². The summed E-state index contributed by atoms with van der Waals surface area (Å²) in [5.74, 6) is 0. The molecule has 3 heteroatoms. The average molecular weight is 193 g/mol. The molecule has 2 rings (SSSR count). The van der Waals surface area contributed by atoms with Gasteiger partial charge in [-0.1, -0.05) is 0 Å². The molecule has 14 heavy (non-hydrogen) atoms. The molecule has 1 unspecified atom stereocenters. The fourth-order valence-corrected chi connectivity index (χ4v) is 2.69. The first-order valence-electron chi connectivity index (χ1n) is 5.73. The number of hydrogen-bond acceptors (Lipinski definition) is 3. The van der Waals surface area contributed by atoms with Crippen LogP contribution in [-0.2, 0) is 0 Å². The molecule has 0 N–H and O–H groups in total. The first-order valence-corrected chi connectivity index (χ1v) is 5.73. The number of fused-ring (bicyclic) bond motifs is 1. The summed E-state index contributed by atoms with van der Waals surface area (Å²) in [5, 5.41) is 8.57. The Kier molecular flexibility index (Phi) is 3.39.